The minimum Gasteiger partial charge on any atom is -0.462 e. The van der Waals surface area contributed by atoms with Crippen molar-refractivity contribution < 1.29 is 24.0 Å². The molecule has 38 heavy (non-hydrogen) atoms. The lowest BCUT2D eigenvalue weighted by Crippen LogP contribution is -2.35. The molecule has 1 saturated carbocycles. The van der Waals surface area contributed by atoms with Crippen LogP contribution in [0.4, 0.5) is 16.2 Å². The van der Waals surface area contributed by atoms with Gasteiger partial charge in [0.15, 0.2) is 0 Å². The highest BCUT2D eigenvalue weighted by Crippen LogP contribution is 2.35. The van der Waals surface area contributed by atoms with Crippen molar-refractivity contribution in [2.75, 3.05) is 11.9 Å². The number of thioether (sulfide) groups is 1. The molecule has 1 aliphatic heterocycles. The van der Waals surface area contributed by atoms with Crippen LogP contribution in [0.25, 0.3) is 11.8 Å². The van der Waals surface area contributed by atoms with Gasteiger partial charge in [-0.05, 0) is 82.1 Å². The normalized spacial score (nSPS) is 17.5. The number of nitro benzene ring substituents is 1. The number of aryl methyl sites for hydroxylation is 1. The minimum atomic E-state index is -0.648. The Kier molecular flexibility index (Phi) is 8.25. The van der Waals surface area contributed by atoms with Crippen LogP contribution in [0, 0.1) is 24.0 Å². The summed E-state index contributed by atoms with van der Waals surface area (Å²) < 4.78 is 6.94. The quantitative estimate of drug-likeness (QED) is 0.195. The first-order chi connectivity index (χ1) is 18.0. The maximum absolute atomic E-state index is 12.9. The number of aromatic nitrogens is 1. The molecule has 2 aliphatic rings. The summed E-state index contributed by atoms with van der Waals surface area (Å²) in [7, 11) is 0. The van der Waals surface area contributed by atoms with Crippen molar-refractivity contribution in [1.82, 2.24) is 9.47 Å². The molecule has 0 radical (unpaired) electrons. The lowest BCUT2D eigenvalue weighted by Gasteiger charge is -2.24. The number of benzene rings is 1. The Morgan fingerprint density at radius 1 is 1.21 bits per heavy atom. The Bertz CT molecular complexity index is 1310. The van der Waals surface area contributed by atoms with Gasteiger partial charge in [-0.25, -0.2) is 0 Å². The van der Waals surface area contributed by atoms with Crippen LogP contribution in [-0.2, 0) is 14.3 Å². The minimum absolute atomic E-state index is 0.0107. The van der Waals surface area contributed by atoms with Crippen LogP contribution in [0.5, 0.6) is 0 Å². The molecule has 0 unspecified atom stereocenters. The number of carbonyl (C=O) groups excluding carboxylic acids is 3. The Labute approximate surface area is 225 Å². The highest BCUT2D eigenvalue weighted by atomic mass is 32.2. The molecule has 0 atom stereocenters. The Hall–Kier alpha value is -3.60. The van der Waals surface area contributed by atoms with E-state index in [-0.39, 0.29) is 27.7 Å². The molecule has 0 spiro atoms. The summed E-state index contributed by atoms with van der Waals surface area (Å²) in [5.74, 6) is -1.20. The number of ether oxygens (including phenoxy) is 1. The van der Waals surface area contributed by atoms with Crippen LogP contribution in [0.3, 0.4) is 0 Å². The number of nitrogens with one attached hydrogen (secondary N) is 1. The molecular weight excluding hydrogens is 508 g/mol. The predicted octanol–water partition coefficient (Wildman–Crippen LogP) is 5.73. The van der Waals surface area contributed by atoms with Gasteiger partial charge in [0.2, 0.25) is 0 Å². The van der Waals surface area contributed by atoms with Crippen LogP contribution in [0.2, 0.25) is 0 Å². The third-order valence-electron chi connectivity index (χ3n) is 6.69. The molecular formula is C27H32N4O6S. The standard InChI is InChI=1S/C27H32N4O6S/c1-16(2)37-25(32)15-29-26(33)24(38-27(29)34)13-19-12-17(3)30(18(19)4)21-10-11-22(23(14-21)31(35)36)28-20-8-6-5-7-9-20/h10-14,16,20,28H,5-9,15H2,1-4H3/b24-13-. The Morgan fingerprint density at radius 2 is 1.92 bits per heavy atom. The summed E-state index contributed by atoms with van der Waals surface area (Å²) in [4.78, 5) is 49.9. The first kappa shape index (κ1) is 27.4. The first-order valence-corrected chi connectivity index (χ1v) is 13.6. The van der Waals surface area contributed by atoms with Gasteiger partial charge in [0.05, 0.1) is 21.6 Å². The van der Waals surface area contributed by atoms with Crippen molar-refractivity contribution in [3.63, 3.8) is 0 Å². The second kappa shape index (κ2) is 11.4. The van der Waals surface area contributed by atoms with Gasteiger partial charge < -0.3 is 14.6 Å². The molecule has 2 amide bonds. The zero-order chi connectivity index (χ0) is 27.6. The van der Waals surface area contributed by atoms with Crippen LogP contribution in [0.15, 0.2) is 29.2 Å². The molecule has 1 aliphatic carbocycles. The van der Waals surface area contributed by atoms with E-state index in [0.29, 0.717) is 16.9 Å². The van der Waals surface area contributed by atoms with E-state index in [4.69, 9.17) is 4.74 Å². The van der Waals surface area contributed by atoms with Crippen LogP contribution < -0.4 is 5.32 Å². The van der Waals surface area contributed by atoms with Crippen molar-refractivity contribution in [1.29, 1.82) is 0 Å². The van der Waals surface area contributed by atoms with Gasteiger partial charge in [-0.1, -0.05) is 19.3 Å². The van der Waals surface area contributed by atoms with Crippen molar-refractivity contribution in [3.8, 4) is 5.69 Å². The van der Waals surface area contributed by atoms with E-state index in [0.717, 1.165) is 53.7 Å². The van der Waals surface area contributed by atoms with Gasteiger partial charge in [0, 0.05) is 23.5 Å². The third kappa shape index (κ3) is 5.93. The van der Waals surface area contributed by atoms with E-state index < -0.39 is 23.7 Å². The zero-order valence-electron chi connectivity index (χ0n) is 22.0. The molecule has 10 nitrogen and oxygen atoms in total. The second-order valence-corrected chi connectivity index (χ2v) is 10.9. The summed E-state index contributed by atoms with van der Waals surface area (Å²) in [6.45, 7) is 6.67. The van der Waals surface area contributed by atoms with Gasteiger partial charge >= 0.3 is 5.97 Å². The lowest BCUT2D eigenvalue weighted by molar-refractivity contribution is -0.384. The van der Waals surface area contributed by atoms with Gasteiger partial charge in [-0.15, -0.1) is 0 Å². The fourth-order valence-electron chi connectivity index (χ4n) is 4.94. The smallest absolute Gasteiger partial charge is 0.326 e. The van der Waals surface area contributed by atoms with Gasteiger partial charge in [-0.2, -0.15) is 0 Å². The number of esters is 1. The number of carbonyl (C=O) groups is 3. The predicted molar refractivity (Wildman–Crippen MR) is 146 cm³/mol. The largest absolute Gasteiger partial charge is 0.462 e. The monoisotopic (exact) mass is 540 g/mol. The van der Waals surface area contributed by atoms with E-state index in [9.17, 15) is 24.5 Å². The van der Waals surface area contributed by atoms with Gasteiger partial charge in [0.25, 0.3) is 16.8 Å². The Morgan fingerprint density at radius 3 is 2.58 bits per heavy atom. The molecule has 11 heteroatoms. The van der Waals surface area contributed by atoms with Crippen LogP contribution in [-0.4, -0.2) is 50.2 Å². The maximum atomic E-state index is 12.9. The van der Waals surface area contributed by atoms with E-state index in [1.165, 1.54) is 6.42 Å². The number of rotatable bonds is 8. The van der Waals surface area contributed by atoms with E-state index in [1.54, 1.807) is 32.1 Å². The number of anilines is 1. The average Bonchev–Trinajstić information content (AvgIpc) is 3.28. The fraction of sp³-hybridized carbons (Fsp3) is 0.444. The van der Waals surface area contributed by atoms with Crippen molar-refractivity contribution in [3.05, 3.63) is 56.2 Å². The molecule has 1 saturated heterocycles. The van der Waals surface area contributed by atoms with Crippen LogP contribution in [0.1, 0.15) is 62.9 Å². The number of nitrogens with zero attached hydrogens (tertiary/aromatic N) is 3. The molecule has 2 fully saturated rings. The van der Waals surface area contributed by atoms with E-state index >= 15 is 0 Å². The lowest BCUT2D eigenvalue weighted by atomic mass is 9.95. The van der Waals surface area contributed by atoms with Gasteiger partial charge in [-0.3, -0.25) is 29.4 Å². The molecule has 1 aromatic heterocycles. The number of hydrogen-bond donors (Lipinski definition) is 1. The molecule has 2 heterocycles. The Balaban J connectivity index is 1.59. The third-order valence-corrected chi connectivity index (χ3v) is 7.59. The SMILES string of the molecule is Cc1cc(/C=C2\SC(=O)N(CC(=O)OC(C)C)C2=O)c(C)n1-c1ccc(NC2CCCCC2)c([N+](=O)[O-])c1. The number of amides is 2. The molecule has 1 aromatic carbocycles. The first-order valence-electron chi connectivity index (χ1n) is 12.7. The average molecular weight is 541 g/mol. The fourth-order valence-corrected chi connectivity index (χ4v) is 5.77. The summed E-state index contributed by atoms with van der Waals surface area (Å²) in [5, 5.41) is 14.7. The van der Waals surface area contributed by atoms with E-state index in [2.05, 4.69) is 5.32 Å². The zero-order valence-corrected chi connectivity index (χ0v) is 22.8. The summed E-state index contributed by atoms with van der Waals surface area (Å²) in [6.07, 6.45) is 6.71. The number of hydrogen-bond acceptors (Lipinski definition) is 8. The number of imide groups is 1. The summed E-state index contributed by atoms with van der Waals surface area (Å²) in [6, 6.07) is 7.25. The van der Waals surface area contributed by atoms with Crippen LogP contribution >= 0.6 is 11.8 Å². The molecule has 0 bridgehead atoms. The van der Waals surface area contributed by atoms with Crippen molar-refractivity contribution in [2.45, 2.75) is 71.9 Å². The van der Waals surface area contributed by atoms with Crippen molar-refractivity contribution in [2.24, 2.45) is 0 Å². The van der Waals surface area contributed by atoms with Crippen molar-refractivity contribution >= 4 is 46.3 Å². The van der Waals surface area contributed by atoms with E-state index in [1.807, 2.05) is 30.5 Å². The summed E-state index contributed by atoms with van der Waals surface area (Å²) in [5.41, 5.74) is 3.43. The number of nitro groups is 1. The van der Waals surface area contributed by atoms with Gasteiger partial charge in [0.1, 0.15) is 12.2 Å². The topological polar surface area (TPSA) is 124 Å². The molecule has 4 rings (SSSR count). The highest BCUT2D eigenvalue weighted by molar-refractivity contribution is 8.18. The maximum Gasteiger partial charge on any atom is 0.326 e. The second-order valence-electron chi connectivity index (χ2n) is 9.91. The molecule has 202 valence electrons. The summed E-state index contributed by atoms with van der Waals surface area (Å²) >= 11 is 0.766. The highest BCUT2D eigenvalue weighted by Gasteiger charge is 2.37. The molecule has 2 aromatic rings. The molecule has 1 N–H and O–H groups in total.